The lowest BCUT2D eigenvalue weighted by Gasteiger charge is -2.30. The van der Waals surface area contributed by atoms with E-state index in [2.05, 4.69) is 15.9 Å². The highest BCUT2D eigenvalue weighted by Gasteiger charge is 2.36. The van der Waals surface area contributed by atoms with Crippen molar-refractivity contribution in [2.75, 3.05) is 18.5 Å². The minimum atomic E-state index is 0.137. The Morgan fingerprint density at radius 3 is 2.69 bits per heavy atom. The van der Waals surface area contributed by atoms with Crippen LogP contribution in [0.4, 0.5) is 0 Å². The van der Waals surface area contributed by atoms with Crippen molar-refractivity contribution in [3.05, 3.63) is 0 Å². The largest absolute Gasteiger partial charge is 0.379 e. The van der Waals surface area contributed by atoms with E-state index < -0.39 is 0 Å². The average molecular weight is 249 g/mol. The highest BCUT2D eigenvalue weighted by Crippen LogP contribution is 2.36. The summed E-state index contributed by atoms with van der Waals surface area (Å²) in [4.78, 5) is 0. The van der Waals surface area contributed by atoms with Gasteiger partial charge in [0.15, 0.2) is 0 Å². The standard InChI is InChI=1S/C10H17BrO2/c11-8-10(4-1-2-5-10)13-9-3-6-12-7-9/h9H,1-8H2. The fourth-order valence-electron chi connectivity index (χ4n) is 2.26. The second kappa shape index (κ2) is 4.28. The summed E-state index contributed by atoms with van der Waals surface area (Å²) in [6.45, 7) is 1.68. The van der Waals surface area contributed by atoms with Crippen molar-refractivity contribution in [3.8, 4) is 0 Å². The van der Waals surface area contributed by atoms with Gasteiger partial charge in [0.05, 0.1) is 18.3 Å². The SMILES string of the molecule is BrCC1(OC2CCOC2)CCCC1. The second-order valence-corrected chi connectivity index (χ2v) is 4.69. The molecule has 0 amide bonds. The number of ether oxygens (including phenoxy) is 2. The van der Waals surface area contributed by atoms with Gasteiger partial charge in [-0.2, -0.15) is 0 Å². The molecule has 13 heavy (non-hydrogen) atoms. The van der Waals surface area contributed by atoms with Gasteiger partial charge in [-0.1, -0.05) is 28.8 Å². The Kier molecular flexibility index (Phi) is 3.27. The highest BCUT2D eigenvalue weighted by atomic mass is 79.9. The van der Waals surface area contributed by atoms with E-state index in [9.17, 15) is 0 Å². The molecule has 1 aliphatic carbocycles. The molecule has 2 fully saturated rings. The van der Waals surface area contributed by atoms with Crippen molar-refractivity contribution in [2.24, 2.45) is 0 Å². The Labute approximate surface area is 88.1 Å². The zero-order valence-electron chi connectivity index (χ0n) is 7.93. The summed E-state index contributed by atoms with van der Waals surface area (Å²) in [6.07, 6.45) is 6.51. The van der Waals surface area contributed by atoms with E-state index in [1.807, 2.05) is 0 Å². The van der Waals surface area contributed by atoms with Crippen LogP contribution in [0.2, 0.25) is 0 Å². The van der Waals surface area contributed by atoms with Crippen molar-refractivity contribution in [1.82, 2.24) is 0 Å². The van der Waals surface area contributed by atoms with Crippen LogP contribution in [0.3, 0.4) is 0 Å². The zero-order chi connectivity index (χ0) is 9.15. The molecular formula is C10H17BrO2. The van der Waals surface area contributed by atoms with Gasteiger partial charge in [0, 0.05) is 11.9 Å². The molecule has 0 radical (unpaired) electrons. The van der Waals surface area contributed by atoms with Gasteiger partial charge in [0.2, 0.25) is 0 Å². The van der Waals surface area contributed by atoms with Crippen molar-refractivity contribution < 1.29 is 9.47 Å². The van der Waals surface area contributed by atoms with Crippen LogP contribution in [-0.4, -0.2) is 30.2 Å². The molecule has 1 saturated heterocycles. The van der Waals surface area contributed by atoms with Crippen LogP contribution in [0.15, 0.2) is 0 Å². The molecule has 0 aromatic heterocycles. The highest BCUT2D eigenvalue weighted by molar-refractivity contribution is 9.09. The molecule has 76 valence electrons. The van der Waals surface area contributed by atoms with Gasteiger partial charge in [-0.25, -0.2) is 0 Å². The van der Waals surface area contributed by atoms with E-state index in [0.29, 0.717) is 6.10 Å². The summed E-state index contributed by atoms with van der Waals surface area (Å²) in [6, 6.07) is 0. The van der Waals surface area contributed by atoms with Crippen LogP contribution in [-0.2, 0) is 9.47 Å². The van der Waals surface area contributed by atoms with Crippen molar-refractivity contribution >= 4 is 15.9 Å². The number of alkyl halides is 1. The summed E-state index contributed by atoms with van der Waals surface area (Å²) in [5.74, 6) is 0. The number of hydrogen-bond donors (Lipinski definition) is 0. The number of rotatable bonds is 3. The molecule has 0 spiro atoms. The lowest BCUT2D eigenvalue weighted by Crippen LogP contribution is -2.35. The summed E-state index contributed by atoms with van der Waals surface area (Å²) < 4.78 is 11.5. The smallest absolute Gasteiger partial charge is 0.0838 e. The van der Waals surface area contributed by atoms with Gasteiger partial charge in [0.1, 0.15) is 0 Å². The first-order chi connectivity index (χ1) is 6.35. The lowest BCUT2D eigenvalue weighted by atomic mass is 10.1. The molecule has 1 heterocycles. The first kappa shape index (κ1) is 9.94. The van der Waals surface area contributed by atoms with Crippen LogP contribution in [0.5, 0.6) is 0 Å². The maximum atomic E-state index is 6.14. The normalized spacial score (nSPS) is 32.5. The van der Waals surface area contributed by atoms with E-state index >= 15 is 0 Å². The molecule has 1 aliphatic heterocycles. The van der Waals surface area contributed by atoms with E-state index in [0.717, 1.165) is 25.0 Å². The van der Waals surface area contributed by atoms with E-state index in [1.54, 1.807) is 0 Å². The summed E-state index contributed by atoms with van der Waals surface area (Å²) in [5, 5.41) is 0.983. The van der Waals surface area contributed by atoms with E-state index in [4.69, 9.17) is 9.47 Å². The minimum Gasteiger partial charge on any atom is -0.379 e. The molecule has 1 saturated carbocycles. The quantitative estimate of drug-likeness (QED) is 0.715. The topological polar surface area (TPSA) is 18.5 Å². The lowest BCUT2D eigenvalue weighted by molar-refractivity contribution is -0.0749. The van der Waals surface area contributed by atoms with Crippen LogP contribution >= 0.6 is 15.9 Å². The zero-order valence-corrected chi connectivity index (χ0v) is 9.51. The Hall–Kier alpha value is 0.400. The maximum absolute atomic E-state index is 6.14. The molecule has 0 N–H and O–H groups in total. The van der Waals surface area contributed by atoms with Gasteiger partial charge < -0.3 is 9.47 Å². The molecule has 1 unspecified atom stereocenters. The summed E-state index contributed by atoms with van der Waals surface area (Å²) in [5.41, 5.74) is 0.137. The molecule has 0 aromatic rings. The summed E-state index contributed by atoms with van der Waals surface area (Å²) in [7, 11) is 0. The van der Waals surface area contributed by atoms with Gasteiger partial charge >= 0.3 is 0 Å². The van der Waals surface area contributed by atoms with E-state index in [1.165, 1.54) is 25.7 Å². The monoisotopic (exact) mass is 248 g/mol. The second-order valence-electron chi connectivity index (χ2n) is 4.13. The number of hydrogen-bond acceptors (Lipinski definition) is 2. The minimum absolute atomic E-state index is 0.137. The molecule has 0 aromatic carbocycles. The molecule has 3 heteroatoms. The first-order valence-electron chi connectivity index (χ1n) is 5.16. The fraction of sp³-hybridized carbons (Fsp3) is 1.00. The van der Waals surface area contributed by atoms with Crippen LogP contribution < -0.4 is 0 Å². The van der Waals surface area contributed by atoms with Gasteiger partial charge in [0.25, 0.3) is 0 Å². The Morgan fingerprint density at radius 1 is 1.38 bits per heavy atom. The molecule has 2 rings (SSSR count). The Balaban J connectivity index is 1.88. The molecular weight excluding hydrogens is 232 g/mol. The average Bonchev–Trinajstić information content (AvgIpc) is 2.77. The van der Waals surface area contributed by atoms with Crippen molar-refractivity contribution in [1.29, 1.82) is 0 Å². The fourth-order valence-corrected chi connectivity index (χ4v) is 2.95. The number of halogens is 1. The van der Waals surface area contributed by atoms with Crippen LogP contribution in [0, 0.1) is 0 Å². The van der Waals surface area contributed by atoms with Crippen LogP contribution in [0.25, 0.3) is 0 Å². The predicted molar refractivity (Wildman–Crippen MR) is 55.3 cm³/mol. The van der Waals surface area contributed by atoms with Crippen molar-refractivity contribution in [2.45, 2.75) is 43.8 Å². The predicted octanol–water partition coefficient (Wildman–Crippen LogP) is 2.50. The van der Waals surface area contributed by atoms with Crippen LogP contribution in [0.1, 0.15) is 32.1 Å². The third-order valence-electron chi connectivity index (χ3n) is 3.06. The first-order valence-corrected chi connectivity index (χ1v) is 6.28. The maximum Gasteiger partial charge on any atom is 0.0838 e. The van der Waals surface area contributed by atoms with Crippen molar-refractivity contribution in [3.63, 3.8) is 0 Å². The Morgan fingerprint density at radius 2 is 2.15 bits per heavy atom. The van der Waals surface area contributed by atoms with Gasteiger partial charge in [-0.05, 0) is 19.3 Å². The van der Waals surface area contributed by atoms with Gasteiger partial charge in [-0.15, -0.1) is 0 Å². The van der Waals surface area contributed by atoms with E-state index in [-0.39, 0.29) is 5.60 Å². The molecule has 0 bridgehead atoms. The molecule has 2 nitrogen and oxygen atoms in total. The molecule has 1 atom stereocenters. The third kappa shape index (κ3) is 2.25. The van der Waals surface area contributed by atoms with Gasteiger partial charge in [-0.3, -0.25) is 0 Å². The Bertz CT molecular complexity index is 160. The summed E-state index contributed by atoms with van der Waals surface area (Å²) >= 11 is 3.57. The molecule has 2 aliphatic rings. The third-order valence-corrected chi connectivity index (χ3v) is 4.08.